The van der Waals surface area contributed by atoms with Crippen LogP contribution in [0.25, 0.3) is 0 Å². The number of benzene rings is 1. The highest BCUT2D eigenvalue weighted by atomic mass is 35.5. The van der Waals surface area contributed by atoms with Crippen LogP contribution in [0.15, 0.2) is 30.5 Å². The topological polar surface area (TPSA) is 60.3 Å². The third-order valence-corrected chi connectivity index (χ3v) is 4.95. The minimum Gasteiger partial charge on any atom is -0.370 e. The quantitative estimate of drug-likeness (QED) is 0.842. The maximum atomic E-state index is 12.6. The van der Waals surface area contributed by atoms with Crippen LogP contribution in [0.2, 0.25) is 5.02 Å². The lowest BCUT2D eigenvalue weighted by Crippen LogP contribution is -2.50. The second-order valence-corrected chi connectivity index (χ2v) is 6.39. The zero-order valence-corrected chi connectivity index (χ0v) is 13.3. The Morgan fingerprint density at radius 2 is 2.26 bits per heavy atom. The van der Waals surface area contributed by atoms with Gasteiger partial charge in [-0.25, -0.2) is 4.68 Å². The fourth-order valence-corrected chi connectivity index (χ4v) is 3.52. The molecule has 1 saturated heterocycles. The van der Waals surface area contributed by atoms with Gasteiger partial charge in [0.15, 0.2) is 0 Å². The molecule has 7 heteroatoms. The summed E-state index contributed by atoms with van der Waals surface area (Å²) >= 11 is 6.16. The highest BCUT2D eigenvalue weighted by Crippen LogP contribution is 2.30. The Hall–Kier alpha value is -1.92. The number of amides is 1. The molecule has 0 bridgehead atoms. The van der Waals surface area contributed by atoms with E-state index in [1.807, 2.05) is 33.8 Å². The Bertz CT molecular complexity index is 732. The summed E-state index contributed by atoms with van der Waals surface area (Å²) in [5.74, 6) is 0.0868. The Labute approximate surface area is 139 Å². The average molecular weight is 333 g/mol. The van der Waals surface area contributed by atoms with Crippen molar-refractivity contribution in [3.05, 3.63) is 46.7 Å². The molecule has 2 atom stereocenters. The van der Waals surface area contributed by atoms with Gasteiger partial charge in [-0.2, -0.15) is 0 Å². The Morgan fingerprint density at radius 1 is 1.39 bits per heavy atom. The molecular formula is C16H17ClN4O2. The van der Waals surface area contributed by atoms with Crippen LogP contribution in [0, 0.1) is 0 Å². The Morgan fingerprint density at radius 3 is 3.13 bits per heavy atom. The van der Waals surface area contributed by atoms with Crippen LogP contribution in [0.4, 0.5) is 0 Å². The molecule has 1 fully saturated rings. The molecule has 6 nitrogen and oxygen atoms in total. The van der Waals surface area contributed by atoms with E-state index in [0.29, 0.717) is 31.1 Å². The van der Waals surface area contributed by atoms with Gasteiger partial charge in [0.1, 0.15) is 0 Å². The van der Waals surface area contributed by atoms with E-state index >= 15 is 0 Å². The number of likely N-dealkylation sites (tertiary alicyclic amines) is 1. The van der Waals surface area contributed by atoms with Crippen LogP contribution in [0.5, 0.6) is 0 Å². The first-order valence-electron chi connectivity index (χ1n) is 7.74. The second-order valence-electron chi connectivity index (χ2n) is 5.98. The van der Waals surface area contributed by atoms with Crippen LogP contribution < -0.4 is 0 Å². The summed E-state index contributed by atoms with van der Waals surface area (Å²) in [6.07, 6.45) is 2.97. The van der Waals surface area contributed by atoms with Gasteiger partial charge in [-0.15, -0.1) is 5.10 Å². The maximum Gasteiger partial charge on any atom is 0.227 e. The molecule has 0 N–H and O–H groups in total. The van der Waals surface area contributed by atoms with Crippen molar-refractivity contribution in [2.24, 2.45) is 0 Å². The molecule has 0 aliphatic carbocycles. The number of hydrogen-bond acceptors (Lipinski definition) is 4. The number of rotatable bonds is 2. The molecule has 2 aromatic rings. The van der Waals surface area contributed by atoms with E-state index in [0.717, 1.165) is 17.7 Å². The van der Waals surface area contributed by atoms with Crippen LogP contribution in [0.1, 0.15) is 23.7 Å². The highest BCUT2D eigenvalue weighted by molar-refractivity contribution is 6.31. The first kappa shape index (κ1) is 14.7. The molecule has 2 aliphatic rings. The molecule has 3 heterocycles. The van der Waals surface area contributed by atoms with Crippen molar-refractivity contribution in [1.29, 1.82) is 0 Å². The number of aromatic nitrogens is 3. The van der Waals surface area contributed by atoms with Crippen molar-refractivity contribution in [2.75, 3.05) is 13.1 Å². The van der Waals surface area contributed by atoms with E-state index in [9.17, 15) is 4.79 Å². The lowest BCUT2D eigenvalue weighted by Gasteiger charge is -2.41. The van der Waals surface area contributed by atoms with Gasteiger partial charge in [0.05, 0.1) is 37.1 Å². The molecule has 0 spiro atoms. The van der Waals surface area contributed by atoms with Gasteiger partial charge in [-0.1, -0.05) is 35.0 Å². The van der Waals surface area contributed by atoms with E-state index in [1.165, 1.54) is 0 Å². The number of ether oxygens (including phenoxy) is 1. The van der Waals surface area contributed by atoms with Crippen LogP contribution >= 0.6 is 11.6 Å². The van der Waals surface area contributed by atoms with Crippen molar-refractivity contribution >= 4 is 17.5 Å². The number of nitrogens with zero attached hydrogens (tertiary/aromatic N) is 4. The molecule has 2 aliphatic heterocycles. The first-order chi connectivity index (χ1) is 11.2. The molecule has 0 saturated carbocycles. The normalized spacial score (nSPS) is 23.3. The smallest absolute Gasteiger partial charge is 0.227 e. The van der Waals surface area contributed by atoms with Gasteiger partial charge in [-0.3, -0.25) is 4.79 Å². The van der Waals surface area contributed by atoms with Gasteiger partial charge in [-0.05, 0) is 18.1 Å². The number of carbonyl (C=O) groups is 1. The number of carbonyl (C=O) groups excluding carboxylic acids is 1. The molecule has 2 unspecified atom stereocenters. The van der Waals surface area contributed by atoms with Crippen molar-refractivity contribution in [1.82, 2.24) is 19.9 Å². The number of piperidine rings is 1. The fraction of sp³-hybridized carbons (Fsp3) is 0.438. The maximum absolute atomic E-state index is 12.6. The van der Waals surface area contributed by atoms with E-state index < -0.39 is 0 Å². The lowest BCUT2D eigenvalue weighted by molar-refractivity contribution is -0.137. The monoisotopic (exact) mass is 332 g/mol. The third kappa shape index (κ3) is 2.72. The largest absolute Gasteiger partial charge is 0.370 e. The highest BCUT2D eigenvalue weighted by Gasteiger charge is 2.37. The summed E-state index contributed by atoms with van der Waals surface area (Å²) < 4.78 is 7.78. The molecule has 0 radical (unpaired) electrons. The van der Waals surface area contributed by atoms with E-state index in [4.69, 9.17) is 16.3 Å². The second kappa shape index (κ2) is 5.94. The van der Waals surface area contributed by atoms with Crippen LogP contribution in [0.3, 0.4) is 0 Å². The third-order valence-electron chi connectivity index (χ3n) is 4.58. The van der Waals surface area contributed by atoms with Gasteiger partial charge in [0, 0.05) is 18.1 Å². The molecule has 120 valence electrons. The summed E-state index contributed by atoms with van der Waals surface area (Å²) in [5, 5.41) is 8.75. The zero-order chi connectivity index (χ0) is 15.8. The number of hydrogen-bond donors (Lipinski definition) is 0. The average Bonchev–Trinajstić information content (AvgIpc) is 3.05. The van der Waals surface area contributed by atoms with E-state index in [2.05, 4.69) is 10.3 Å². The Kier molecular flexibility index (Phi) is 3.79. The standard InChI is InChI=1S/C16H17ClN4O2/c17-13-4-2-1-3-11(13)7-16(22)20-6-5-15-14(9-20)21-12(10-23-15)8-18-19-21/h1-4,8,14-15H,5-7,9-10H2. The van der Waals surface area contributed by atoms with Gasteiger partial charge in [0.2, 0.25) is 5.91 Å². The molecule has 1 aromatic carbocycles. The first-order valence-corrected chi connectivity index (χ1v) is 8.12. The summed E-state index contributed by atoms with van der Waals surface area (Å²) in [7, 11) is 0. The van der Waals surface area contributed by atoms with E-state index in [-0.39, 0.29) is 18.1 Å². The molecule has 23 heavy (non-hydrogen) atoms. The van der Waals surface area contributed by atoms with E-state index in [1.54, 1.807) is 6.20 Å². The van der Waals surface area contributed by atoms with Crippen LogP contribution in [-0.2, 0) is 22.6 Å². The van der Waals surface area contributed by atoms with Crippen molar-refractivity contribution < 1.29 is 9.53 Å². The minimum absolute atomic E-state index is 0.0465. The molecule has 4 rings (SSSR count). The molecule has 1 aromatic heterocycles. The summed E-state index contributed by atoms with van der Waals surface area (Å²) in [5.41, 5.74) is 1.83. The van der Waals surface area contributed by atoms with Gasteiger partial charge in [0.25, 0.3) is 0 Å². The number of halogens is 1. The number of fused-ring (bicyclic) bond motifs is 3. The SMILES string of the molecule is O=C(Cc1ccccc1Cl)N1CCC2OCc3cnnn3C2C1. The van der Waals surface area contributed by atoms with Gasteiger partial charge >= 0.3 is 0 Å². The van der Waals surface area contributed by atoms with Crippen molar-refractivity contribution in [3.8, 4) is 0 Å². The molecular weight excluding hydrogens is 316 g/mol. The Balaban J connectivity index is 1.49. The predicted octanol–water partition coefficient (Wildman–Crippen LogP) is 1.85. The van der Waals surface area contributed by atoms with Gasteiger partial charge < -0.3 is 9.64 Å². The van der Waals surface area contributed by atoms with Crippen LogP contribution in [-0.4, -0.2) is 45.0 Å². The zero-order valence-electron chi connectivity index (χ0n) is 12.6. The lowest BCUT2D eigenvalue weighted by atomic mass is 9.99. The summed E-state index contributed by atoms with van der Waals surface area (Å²) in [6.45, 7) is 1.85. The summed E-state index contributed by atoms with van der Waals surface area (Å²) in [6, 6.07) is 7.52. The fourth-order valence-electron chi connectivity index (χ4n) is 3.32. The summed E-state index contributed by atoms with van der Waals surface area (Å²) in [4.78, 5) is 14.5. The van der Waals surface area contributed by atoms with Crippen molar-refractivity contribution in [2.45, 2.75) is 31.6 Å². The molecule has 1 amide bonds. The van der Waals surface area contributed by atoms with Crippen molar-refractivity contribution in [3.63, 3.8) is 0 Å². The predicted molar refractivity (Wildman–Crippen MR) is 84.0 cm³/mol. The minimum atomic E-state index is 0.0465.